The van der Waals surface area contributed by atoms with Gasteiger partial charge in [-0.05, 0) is 46.2 Å². The predicted octanol–water partition coefficient (Wildman–Crippen LogP) is 3.66. The van der Waals surface area contributed by atoms with Gasteiger partial charge in [-0.3, -0.25) is 0 Å². The number of hydrogen-bond acceptors (Lipinski definition) is 7. The van der Waals surface area contributed by atoms with Crippen molar-refractivity contribution in [1.29, 1.82) is 0 Å². The number of rotatable bonds is 4. The number of imidazole rings is 1. The van der Waals surface area contributed by atoms with Crippen molar-refractivity contribution in [3.63, 3.8) is 0 Å². The molecule has 172 valence electrons. The summed E-state index contributed by atoms with van der Waals surface area (Å²) in [6.07, 6.45) is 0.507. The van der Waals surface area contributed by atoms with Crippen LogP contribution in [0, 0.1) is 5.82 Å². The maximum atomic E-state index is 15.1. The topological polar surface area (TPSA) is 105 Å². The molecule has 2 aromatic heterocycles. The van der Waals surface area contributed by atoms with E-state index in [4.69, 9.17) is 16.3 Å². The van der Waals surface area contributed by atoms with Crippen LogP contribution in [0.5, 0.6) is 0 Å². The lowest BCUT2D eigenvalue weighted by Crippen LogP contribution is -2.42. The number of anilines is 1. The second kappa shape index (κ2) is 8.55. The molecule has 1 aromatic carbocycles. The largest absolute Gasteiger partial charge is 0.389 e. The average molecular weight is 464 g/mol. The zero-order chi connectivity index (χ0) is 23.2. The summed E-state index contributed by atoms with van der Waals surface area (Å²) < 4.78 is 22.2. The minimum atomic E-state index is -0.867. The van der Waals surface area contributed by atoms with Crippen molar-refractivity contribution in [2.45, 2.75) is 57.9 Å². The number of fused-ring (bicyclic) bond motifs is 1. The van der Waals surface area contributed by atoms with Crippen LogP contribution in [0.2, 0.25) is 5.02 Å². The number of aromatic nitrogens is 4. The summed E-state index contributed by atoms with van der Waals surface area (Å²) >= 11 is 6.38. The highest BCUT2D eigenvalue weighted by Gasteiger charge is 2.27. The monoisotopic (exact) mass is 463 g/mol. The SMILES string of the molecule is C[C@H](O)c1nc2c(F)cc(-c3nc(N[C@@H]4CCOC[C@H]4O)ncc3Cl)cc2n1C(C)(C)C. The highest BCUT2D eigenvalue weighted by molar-refractivity contribution is 6.33. The van der Waals surface area contributed by atoms with Crippen molar-refractivity contribution in [2.75, 3.05) is 18.5 Å². The second-order valence-electron chi connectivity index (χ2n) is 9.05. The fraction of sp³-hybridized carbons (Fsp3) is 0.500. The Bertz CT molecular complexity index is 1140. The molecule has 3 aromatic rings. The van der Waals surface area contributed by atoms with Crippen molar-refractivity contribution < 1.29 is 19.3 Å². The van der Waals surface area contributed by atoms with Gasteiger partial charge in [0.25, 0.3) is 0 Å². The molecule has 0 spiro atoms. The molecule has 3 heterocycles. The molecule has 1 fully saturated rings. The molecular formula is C22H27ClFN5O3. The van der Waals surface area contributed by atoms with Crippen LogP contribution in [-0.2, 0) is 10.3 Å². The maximum absolute atomic E-state index is 15.1. The Morgan fingerprint density at radius 3 is 2.72 bits per heavy atom. The molecule has 1 aliphatic rings. The Balaban J connectivity index is 1.81. The average Bonchev–Trinajstić information content (AvgIpc) is 3.12. The Labute approximate surface area is 190 Å². The molecule has 0 radical (unpaired) electrons. The van der Waals surface area contributed by atoms with E-state index in [1.807, 2.05) is 25.3 Å². The van der Waals surface area contributed by atoms with Gasteiger partial charge in [-0.1, -0.05) is 11.6 Å². The number of ether oxygens (including phenoxy) is 1. The summed E-state index contributed by atoms with van der Waals surface area (Å²) in [5.41, 5.74) is 1.07. The first-order chi connectivity index (χ1) is 15.1. The van der Waals surface area contributed by atoms with Crippen LogP contribution in [0.1, 0.15) is 46.0 Å². The Morgan fingerprint density at radius 2 is 2.06 bits per heavy atom. The van der Waals surface area contributed by atoms with Crippen molar-refractivity contribution in [3.8, 4) is 11.3 Å². The van der Waals surface area contributed by atoms with Crippen LogP contribution >= 0.6 is 11.6 Å². The van der Waals surface area contributed by atoms with Gasteiger partial charge >= 0.3 is 0 Å². The van der Waals surface area contributed by atoms with Crippen LogP contribution in [0.3, 0.4) is 0 Å². The molecule has 32 heavy (non-hydrogen) atoms. The molecule has 1 aliphatic heterocycles. The Hall–Kier alpha value is -2.33. The second-order valence-corrected chi connectivity index (χ2v) is 9.46. The number of hydrogen-bond donors (Lipinski definition) is 3. The first-order valence-electron chi connectivity index (χ1n) is 10.5. The summed E-state index contributed by atoms with van der Waals surface area (Å²) in [5.74, 6) is 0.129. The van der Waals surface area contributed by atoms with Crippen LogP contribution in [0.15, 0.2) is 18.3 Å². The van der Waals surface area contributed by atoms with Crippen molar-refractivity contribution in [1.82, 2.24) is 19.5 Å². The van der Waals surface area contributed by atoms with E-state index in [1.165, 1.54) is 12.3 Å². The number of nitrogens with zero attached hydrogens (tertiary/aromatic N) is 4. The zero-order valence-corrected chi connectivity index (χ0v) is 19.2. The van der Waals surface area contributed by atoms with Crippen molar-refractivity contribution >= 4 is 28.6 Å². The molecule has 0 unspecified atom stereocenters. The lowest BCUT2D eigenvalue weighted by atomic mass is 10.1. The van der Waals surface area contributed by atoms with Crippen LogP contribution < -0.4 is 5.32 Å². The normalized spacial score (nSPS) is 20.5. The third-order valence-corrected chi connectivity index (χ3v) is 5.72. The number of aliphatic hydroxyl groups excluding tert-OH is 2. The fourth-order valence-corrected chi connectivity index (χ4v) is 4.17. The first kappa shape index (κ1) is 22.8. The quantitative estimate of drug-likeness (QED) is 0.542. The van der Waals surface area contributed by atoms with Gasteiger partial charge in [0.15, 0.2) is 5.82 Å². The van der Waals surface area contributed by atoms with Crippen molar-refractivity contribution in [3.05, 3.63) is 35.0 Å². The van der Waals surface area contributed by atoms with Gasteiger partial charge in [-0.2, -0.15) is 0 Å². The van der Waals surface area contributed by atoms with E-state index in [2.05, 4.69) is 20.3 Å². The lowest BCUT2D eigenvalue weighted by molar-refractivity contribution is -0.0136. The van der Waals surface area contributed by atoms with Gasteiger partial charge in [-0.15, -0.1) is 0 Å². The van der Waals surface area contributed by atoms with E-state index >= 15 is 4.39 Å². The third-order valence-electron chi connectivity index (χ3n) is 5.44. The predicted molar refractivity (Wildman–Crippen MR) is 120 cm³/mol. The number of halogens is 2. The minimum absolute atomic E-state index is 0.174. The summed E-state index contributed by atoms with van der Waals surface area (Å²) in [7, 11) is 0. The van der Waals surface area contributed by atoms with Crippen LogP contribution in [0.4, 0.5) is 10.3 Å². The summed E-state index contributed by atoms with van der Waals surface area (Å²) in [4.78, 5) is 13.1. The van der Waals surface area contributed by atoms with Crippen LogP contribution in [0.25, 0.3) is 22.3 Å². The molecule has 0 amide bonds. The lowest BCUT2D eigenvalue weighted by Gasteiger charge is -2.28. The van der Waals surface area contributed by atoms with Gasteiger partial charge in [0.05, 0.1) is 41.2 Å². The molecule has 10 heteroatoms. The molecule has 0 aliphatic carbocycles. The van der Waals surface area contributed by atoms with Gasteiger partial charge in [0, 0.05) is 17.7 Å². The summed E-state index contributed by atoms with van der Waals surface area (Å²) in [5, 5.41) is 23.7. The minimum Gasteiger partial charge on any atom is -0.389 e. The van der Waals surface area contributed by atoms with E-state index in [-0.39, 0.29) is 29.1 Å². The molecule has 0 saturated carbocycles. The maximum Gasteiger partial charge on any atom is 0.223 e. The molecular weight excluding hydrogens is 437 g/mol. The van der Waals surface area contributed by atoms with Gasteiger partial charge in [0.1, 0.15) is 17.4 Å². The smallest absolute Gasteiger partial charge is 0.223 e. The Morgan fingerprint density at radius 1 is 1.31 bits per heavy atom. The number of aliphatic hydroxyl groups is 2. The molecule has 0 bridgehead atoms. The van der Waals surface area contributed by atoms with Crippen molar-refractivity contribution in [2.24, 2.45) is 0 Å². The highest BCUT2D eigenvalue weighted by Crippen LogP contribution is 2.35. The molecule has 3 N–H and O–H groups in total. The number of benzene rings is 1. The highest BCUT2D eigenvalue weighted by atomic mass is 35.5. The third kappa shape index (κ3) is 4.30. The van der Waals surface area contributed by atoms with E-state index < -0.39 is 23.6 Å². The summed E-state index contributed by atoms with van der Waals surface area (Å²) in [6.45, 7) is 8.25. The number of nitrogens with one attached hydrogen (secondary N) is 1. The van der Waals surface area contributed by atoms with Crippen LogP contribution in [-0.4, -0.2) is 55.1 Å². The molecule has 1 saturated heterocycles. The van der Waals surface area contributed by atoms with E-state index in [1.54, 1.807) is 13.0 Å². The van der Waals surface area contributed by atoms with E-state index in [9.17, 15) is 10.2 Å². The van der Waals surface area contributed by atoms with E-state index in [0.29, 0.717) is 35.6 Å². The van der Waals surface area contributed by atoms with Gasteiger partial charge < -0.3 is 24.8 Å². The van der Waals surface area contributed by atoms with E-state index in [0.717, 1.165) is 0 Å². The van der Waals surface area contributed by atoms with Gasteiger partial charge in [-0.25, -0.2) is 19.3 Å². The first-order valence-corrected chi connectivity index (χ1v) is 10.9. The zero-order valence-electron chi connectivity index (χ0n) is 18.4. The standard InChI is InChI=1S/C22H27ClFN5O3/c1-11(30)20-27-19-14(24)7-12(8-16(19)29(20)22(2,3)4)18-13(23)9-25-21(28-18)26-15-5-6-32-10-17(15)31/h7-9,11,15,17,30-31H,5-6,10H2,1-4H3,(H,25,26,28)/t11-,15+,17+/m0/s1. The molecule has 4 rings (SSSR count). The Kier molecular flexibility index (Phi) is 6.10. The summed E-state index contributed by atoms with van der Waals surface area (Å²) in [6, 6.07) is 2.84. The molecule has 8 nitrogen and oxygen atoms in total. The fourth-order valence-electron chi connectivity index (χ4n) is 3.97. The van der Waals surface area contributed by atoms with Gasteiger partial charge in [0.2, 0.25) is 5.95 Å². The molecule has 3 atom stereocenters.